The van der Waals surface area contributed by atoms with Gasteiger partial charge in [0.2, 0.25) is 0 Å². The number of rotatable bonds is 7. The van der Waals surface area contributed by atoms with Crippen molar-refractivity contribution < 1.29 is 9.47 Å². The molecule has 0 unspecified atom stereocenters. The maximum atomic E-state index is 5.62. The van der Waals surface area contributed by atoms with Crippen molar-refractivity contribution in [2.75, 3.05) is 13.2 Å². The summed E-state index contributed by atoms with van der Waals surface area (Å²) in [5.74, 6) is 1.54. The van der Waals surface area contributed by atoms with Gasteiger partial charge in [-0.25, -0.2) is 4.68 Å². The molecule has 1 heterocycles. The number of aromatic nitrogens is 3. The zero-order valence-electron chi connectivity index (χ0n) is 12.3. The molecule has 0 spiro atoms. The van der Waals surface area contributed by atoms with E-state index in [1.54, 1.807) is 18.4 Å². The summed E-state index contributed by atoms with van der Waals surface area (Å²) in [5.41, 5.74) is 6.61. The minimum absolute atomic E-state index is 0.465. The molecule has 0 fully saturated rings. The lowest BCUT2D eigenvalue weighted by Crippen LogP contribution is -2.06. The van der Waals surface area contributed by atoms with E-state index in [9.17, 15) is 0 Å². The number of allylic oxidation sites excluding steroid dienone is 3. The first-order valence-electron chi connectivity index (χ1n) is 7.02. The lowest BCUT2D eigenvalue weighted by Gasteiger charge is -2.08. The molecule has 3 rings (SSSR count). The summed E-state index contributed by atoms with van der Waals surface area (Å²) < 4.78 is 12.7. The van der Waals surface area contributed by atoms with Gasteiger partial charge >= 0.3 is 0 Å². The molecular weight excluding hydrogens is 292 g/mol. The molecule has 6 heteroatoms. The molecule has 2 aromatic rings. The van der Waals surface area contributed by atoms with Crippen LogP contribution in [0, 0.1) is 0 Å². The second-order valence-electron chi connectivity index (χ2n) is 4.52. The van der Waals surface area contributed by atoms with Crippen molar-refractivity contribution in [2.45, 2.75) is 0 Å². The lowest BCUT2D eigenvalue weighted by atomic mass is 10.2. The van der Waals surface area contributed by atoms with Crippen LogP contribution in [0.15, 0.2) is 77.5 Å². The molecule has 0 N–H and O–H groups in total. The van der Waals surface area contributed by atoms with Crippen molar-refractivity contribution in [2.24, 2.45) is 5.10 Å². The molecular formula is C17H14N4O2. The highest BCUT2D eigenvalue weighted by molar-refractivity contribution is 5.79. The Morgan fingerprint density at radius 2 is 1.83 bits per heavy atom. The molecule has 1 aromatic carbocycles. The quantitative estimate of drug-likeness (QED) is 0.447. The largest absolute Gasteiger partial charge is 0.490 e. The third-order valence-corrected chi connectivity index (χ3v) is 2.88. The van der Waals surface area contributed by atoms with Gasteiger partial charge in [-0.1, -0.05) is 11.5 Å². The second kappa shape index (κ2) is 7.61. The highest BCUT2D eigenvalue weighted by Crippen LogP contribution is 2.11. The molecule has 6 nitrogen and oxygen atoms in total. The Hall–Kier alpha value is -3.33. The van der Waals surface area contributed by atoms with Gasteiger partial charge < -0.3 is 9.47 Å². The van der Waals surface area contributed by atoms with Crippen LogP contribution in [0.2, 0.25) is 0 Å². The van der Waals surface area contributed by atoms with Gasteiger partial charge in [-0.15, -0.1) is 10.2 Å². The zero-order chi connectivity index (χ0) is 15.7. The fourth-order valence-corrected chi connectivity index (χ4v) is 1.78. The van der Waals surface area contributed by atoms with Gasteiger partial charge in [-0.05, 0) is 42.0 Å². The molecule has 0 saturated carbocycles. The number of hydrogen-bond acceptors (Lipinski definition) is 5. The van der Waals surface area contributed by atoms with E-state index in [4.69, 9.17) is 9.47 Å². The topological polar surface area (TPSA) is 61.5 Å². The van der Waals surface area contributed by atoms with E-state index in [2.05, 4.69) is 26.8 Å². The van der Waals surface area contributed by atoms with Crippen LogP contribution in [0.25, 0.3) is 0 Å². The van der Waals surface area contributed by atoms with Crippen LogP contribution in [-0.4, -0.2) is 34.3 Å². The molecule has 0 radical (unpaired) electrons. The van der Waals surface area contributed by atoms with Crippen LogP contribution < -0.4 is 4.74 Å². The first kappa shape index (κ1) is 14.6. The van der Waals surface area contributed by atoms with Gasteiger partial charge in [-0.2, -0.15) is 5.10 Å². The Balaban J connectivity index is 1.43. The molecule has 0 saturated heterocycles. The Morgan fingerprint density at radius 1 is 1.04 bits per heavy atom. The SMILES string of the molecule is C1=C=CC(OCCOc2ccc(/C=N\n3cnnc3)cc2)=CC=1. The van der Waals surface area contributed by atoms with Crippen LogP contribution in [0.3, 0.4) is 0 Å². The van der Waals surface area contributed by atoms with E-state index in [1.807, 2.05) is 30.3 Å². The van der Waals surface area contributed by atoms with Gasteiger partial charge in [0.25, 0.3) is 0 Å². The predicted molar refractivity (Wildman–Crippen MR) is 85.2 cm³/mol. The van der Waals surface area contributed by atoms with Crippen molar-refractivity contribution in [3.05, 3.63) is 77.9 Å². The normalized spacial score (nSPS) is 12.6. The summed E-state index contributed by atoms with van der Waals surface area (Å²) in [6.07, 6.45) is 10.1. The first-order chi connectivity index (χ1) is 11.4. The number of benzene rings is 1. The van der Waals surface area contributed by atoms with Gasteiger partial charge in [-0.3, -0.25) is 0 Å². The molecule has 0 bridgehead atoms. The Morgan fingerprint density at radius 3 is 2.57 bits per heavy atom. The maximum absolute atomic E-state index is 5.62. The van der Waals surface area contributed by atoms with Crippen LogP contribution in [0.4, 0.5) is 0 Å². The van der Waals surface area contributed by atoms with Gasteiger partial charge in [0.1, 0.15) is 37.4 Å². The third-order valence-electron chi connectivity index (χ3n) is 2.88. The molecule has 0 atom stereocenters. The Kier molecular flexibility index (Phi) is 4.83. The minimum Gasteiger partial charge on any atom is -0.490 e. The summed E-state index contributed by atoms with van der Waals surface area (Å²) in [5, 5.41) is 11.5. The number of nitrogens with zero attached hydrogens (tertiary/aromatic N) is 4. The maximum Gasteiger partial charge on any atom is 0.141 e. The highest BCUT2D eigenvalue weighted by atomic mass is 16.5. The second-order valence-corrected chi connectivity index (χ2v) is 4.52. The van der Waals surface area contributed by atoms with Crippen LogP contribution in [0.1, 0.15) is 5.56 Å². The van der Waals surface area contributed by atoms with Crippen molar-refractivity contribution in [3.8, 4) is 5.75 Å². The number of ether oxygens (including phenoxy) is 2. The fraction of sp³-hybridized carbons (Fsp3) is 0.118. The van der Waals surface area contributed by atoms with Crippen molar-refractivity contribution in [3.63, 3.8) is 0 Å². The third kappa shape index (κ3) is 4.58. The van der Waals surface area contributed by atoms with Crippen molar-refractivity contribution >= 4 is 6.21 Å². The number of hydrogen-bond donors (Lipinski definition) is 0. The average Bonchev–Trinajstić information content (AvgIpc) is 3.12. The van der Waals surface area contributed by atoms with E-state index in [0.29, 0.717) is 13.2 Å². The monoisotopic (exact) mass is 306 g/mol. The van der Waals surface area contributed by atoms with E-state index < -0.39 is 0 Å². The molecule has 114 valence electrons. The summed E-state index contributed by atoms with van der Waals surface area (Å²) in [6, 6.07) is 7.62. The fourth-order valence-electron chi connectivity index (χ4n) is 1.78. The van der Waals surface area contributed by atoms with E-state index in [0.717, 1.165) is 17.1 Å². The smallest absolute Gasteiger partial charge is 0.141 e. The lowest BCUT2D eigenvalue weighted by molar-refractivity contribution is 0.164. The van der Waals surface area contributed by atoms with E-state index in [1.165, 1.54) is 17.3 Å². The minimum atomic E-state index is 0.465. The Bertz CT molecular complexity index is 792. The van der Waals surface area contributed by atoms with Crippen LogP contribution in [-0.2, 0) is 4.74 Å². The Labute approximate surface area is 133 Å². The van der Waals surface area contributed by atoms with Crippen molar-refractivity contribution in [1.29, 1.82) is 0 Å². The van der Waals surface area contributed by atoms with E-state index >= 15 is 0 Å². The summed E-state index contributed by atoms with van der Waals surface area (Å²) in [4.78, 5) is 0. The van der Waals surface area contributed by atoms with E-state index in [-0.39, 0.29) is 0 Å². The molecule has 23 heavy (non-hydrogen) atoms. The summed E-state index contributed by atoms with van der Waals surface area (Å²) in [6.45, 7) is 0.932. The standard InChI is InChI=1S/C17H14N4O2/c1-2-4-16(5-3-1)22-10-11-23-17-8-6-15(7-9-17)12-20-21-13-18-19-14-21/h2,4-9,12-14H,10-11H2/b20-12-. The average molecular weight is 306 g/mol. The highest BCUT2D eigenvalue weighted by Gasteiger charge is 1.97. The molecule has 1 aliphatic carbocycles. The summed E-state index contributed by atoms with van der Waals surface area (Å²) >= 11 is 0. The van der Waals surface area contributed by atoms with Gasteiger partial charge in [0, 0.05) is 6.08 Å². The van der Waals surface area contributed by atoms with Crippen LogP contribution in [0.5, 0.6) is 5.75 Å². The molecule has 0 aliphatic heterocycles. The zero-order valence-corrected chi connectivity index (χ0v) is 12.3. The van der Waals surface area contributed by atoms with Gasteiger partial charge in [0.05, 0.1) is 6.21 Å². The molecule has 0 amide bonds. The van der Waals surface area contributed by atoms with Gasteiger partial charge in [0.15, 0.2) is 0 Å². The summed E-state index contributed by atoms with van der Waals surface area (Å²) in [7, 11) is 0. The van der Waals surface area contributed by atoms with Crippen LogP contribution >= 0.6 is 0 Å². The predicted octanol–water partition coefficient (Wildman–Crippen LogP) is 2.32. The molecule has 1 aromatic heterocycles. The van der Waals surface area contributed by atoms with Crippen molar-refractivity contribution in [1.82, 2.24) is 14.9 Å². The molecule has 1 aliphatic rings. The first-order valence-corrected chi connectivity index (χ1v) is 7.02.